The van der Waals surface area contributed by atoms with Crippen molar-refractivity contribution in [3.05, 3.63) is 41.5 Å². The average molecular weight is 374 g/mol. The van der Waals surface area contributed by atoms with Gasteiger partial charge in [0.25, 0.3) is 11.8 Å². The maximum atomic E-state index is 12.7. The molecule has 0 saturated carbocycles. The van der Waals surface area contributed by atoms with Crippen LogP contribution in [0.3, 0.4) is 0 Å². The van der Waals surface area contributed by atoms with Gasteiger partial charge in [0.15, 0.2) is 23.0 Å². The molecule has 8 nitrogen and oxygen atoms in total. The van der Waals surface area contributed by atoms with Crippen molar-refractivity contribution in [3.63, 3.8) is 0 Å². The highest BCUT2D eigenvalue weighted by Gasteiger charge is 2.19. The van der Waals surface area contributed by atoms with E-state index in [1.165, 1.54) is 47.6 Å². The minimum Gasteiger partial charge on any atom is -0.493 e. The number of nitrogens with one attached hydrogen (secondary N) is 2. The second kappa shape index (κ2) is 8.79. The van der Waals surface area contributed by atoms with Crippen LogP contribution in [-0.4, -0.2) is 47.3 Å². The van der Waals surface area contributed by atoms with Crippen LogP contribution in [-0.2, 0) is 0 Å². The van der Waals surface area contributed by atoms with Crippen LogP contribution in [0.2, 0.25) is 0 Å². The first-order valence-electron chi connectivity index (χ1n) is 8.00. The maximum Gasteiger partial charge on any atom is 0.255 e. The Morgan fingerprint density at radius 1 is 0.741 bits per heavy atom. The number of carbonyl (C=O) groups excluding carboxylic acids is 2. The van der Waals surface area contributed by atoms with E-state index in [1.807, 2.05) is 0 Å². The van der Waals surface area contributed by atoms with Gasteiger partial charge in [-0.05, 0) is 24.3 Å². The summed E-state index contributed by atoms with van der Waals surface area (Å²) in [5.74, 6) is 0.884. The largest absolute Gasteiger partial charge is 0.493 e. The molecule has 27 heavy (non-hydrogen) atoms. The average Bonchev–Trinajstić information content (AvgIpc) is 2.71. The molecule has 0 atom stereocenters. The zero-order valence-corrected chi connectivity index (χ0v) is 15.8. The molecule has 2 aromatic carbocycles. The molecule has 0 aliphatic heterocycles. The van der Waals surface area contributed by atoms with Gasteiger partial charge in [-0.3, -0.25) is 9.59 Å². The highest BCUT2D eigenvalue weighted by Crippen LogP contribution is 2.34. The molecule has 2 aromatic rings. The number of ether oxygens (including phenoxy) is 4. The molecule has 0 unspecified atom stereocenters. The van der Waals surface area contributed by atoms with Crippen molar-refractivity contribution in [2.75, 3.05) is 40.8 Å². The van der Waals surface area contributed by atoms with Gasteiger partial charge in [-0.15, -0.1) is 0 Å². The van der Waals surface area contributed by atoms with Crippen LogP contribution in [0, 0.1) is 0 Å². The molecule has 2 rings (SSSR count). The standard InChI is InChI=1S/C19H22N2O6/c1-20-19(23)12-9-16(26-4)17(27-5)10-13(12)21-18(22)11-6-7-14(24-2)15(8-11)25-3/h6-10H,1-5H3,(H,20,23)(H,21,22). The molecule has 0 heterocycles. The van der Waals surface area contributed by atoms with Crippen molar-refractivity contribution in [2.45, 2.75) is 0 Å². The molecular weight excluding hydrogens is 352 g/mol. The third kappa shape index (κ3) is 4.22. The molecule has 0 spiro atoms. The Hall–Kier alpha value is -3.42. The zero-order valence-electron chi connectivity index (χ0n) is 15.8. The number of hydrogen-bond donors (Lipinski definition) is 2. The summed E-state index contributed by atoms with van der Waals surface area (Å²) in [5, 5.41) is 5.26. The van der Waals surface area contributed by atoms with Gasteiger partial charge in [-0.1, -0.05) is 0 Å². The quantitative estimate of drug-likeness (QED) is 0.772. The number of hydrogen-bond acceptors (Lipinski definition) is 6. The molecule has 0 radical (unpaired) electrons. The lowest BCUT2D eigenvalue weighted by molar-refractivity contribution is 0.0963. The predicted octanol–water partition coefficient (Wildman–Crippen LogP) is 2.33. The Bertz CT molecular complexity index is 850. The van der Waals surface area contributed by atoms with E-state index >= 15 is 0 Å². The summed E-state index contributed by atoms with van der Waals surface area (Å²) in [6.45, 7) is 0. The van der Waals surface area contributed by atoms with Gasteiger partial charge in [0.05, 0.1) is 39.7 Å². The molecular formula is C19H22N2O6. The van der Waals surface area contributed by atoms with E-state index in [0.717, 1.165) is 0 Å². The fourth-order valence-electron chi connectivity index (χ4n) is 2.48. The van der Waals surface area contributed by atoms with Gasteiger partial charge >= 0.3 is 0 Å². The first-order chi connectivity index (χ1) is 13.0. The zero-order chi connectivity index (χ0) is 20.0. The predicted molar refractivity (Wildman–Crippen MR) is 100 cm³/mol. The molecule has 0 aliphatic rings. The van der Waals surface area contributed by atoms with E-state index in [4.69, 9.17) is 18.9 Å². The third-order valence-electron chi connectivity index (χ3n) is 3.89. The number of carbonyl (C=O) groups is 2. The summed E-state index contributed by atoms with van der Waals surface area (Å²) in [6, 6.07) is 7.80. The monoisotopic (exact) mass is 374 g/mol. The summed E-state index contributed by atoms with van der Waals surface area (Å²) >= 11 is 0. The Morgan fingerprint density at radius 3 is 1.85 bits per heavy atom. The van der Waals surface area contributed by atoms with E-state index in [2.05, 4.69) is 10.6 Å². The number of methoxy groups -OCH3 is 4. The summed E-state index contributed by atoms with van der Waals surface area (Å²) in [6.07, 6.45) is 0. The minimum atomic E-state index is -0.423. The van der Waals surface area contributed by atoms with Crippen LogP contribution in [0.4, 0.5) is 5.69 Å². The number of amides is 2. The first-order valence-corrected chi connectivity index (χ1v) is 8.00. The van der Waals surface area contributed by atoms with Crippen molar-refractivity contribution < 1.29 is 28.5 Å². The Kier molecular flexibility index (Phi) is 6.48. The Labute approximate surface area is 157 Å². The minimum absolute atomic E-state index is 0.240. The van der Waals surface area contributed by atoms with Crippen LogP contribution >= 0.6 is 0 Å². The van der Waals surface area contributed by atoms with Gasteiger partial charge in [-0.2, -0.15) is 0 Å². The van der Waals surface area contributed by atoms with Gasteiger partial charge < -0.3 is 29.6 Å². The van der Waals surface area contributed by atoms with Gasteiger partial charge in [-0.25, -0.2) is 0 Å². The molecule has 144 valence electrons. The van der Waals surface area contributed by atoms with Gasteiger partial charge in [0.1, 0.15) is 0 Å². The van der Waals surface area contributed by atoms with Crippen molar-refractivity contribution in [1.82, 2.24) is 5.32 Å². The van der Waals surface area contributed by atoms with E-state index in [-0.39, 0.29) is 17.2 Å². The van der Waals surface area contributed by atoms with Crippen LogP contribution in [0.25, 0.3) is 0 Å². The fraction of sp³-hybridized carbons (Fsp3) is 0.263. The second-order valence-corrected chi connectivity index (χ2v) is 5.36. The first kappa shape index (κ1) is 19.9. The summed E-state index contributed by atoms with van der Waals surface area (Å²) in [5.41, 5.74) is 0.862. The molecule has 0 aliphatic carbocycles. The van der Waals surface area contributed by atoms with Crippen molar-refractivity contribution in [3.8, 4) is 23.0 Å². The van der Waals surface area contributed by atoms with Gasteiger partial charge in [0.2, 0.25) is 0 Å². The number of anilines is 1. The fourth-order valence-corrected chi connectivity index (χ4v) is 2.48. The molecule has 2 amide bonds. The Morgan fingerprint density at radius 2 is 1.30 bits per heavy atom. The van der Waals surface area contributed by atoms with Crippen LogP contribution in [0.1, 0.15) is 20.7 Å². The highest BCUT2D eigenvalue weighted by atomic mass is 16.5. The van der Waals surface area contributed by atoms with E-state index in [0.29, 0.717) is 28.6 Å². The lowest BCUT2D eigenvalue weighted by Gasteiger charge is -2.15. The van der Waals surface area contributed by atoms with Crippen molar-refractivity contribution in [2.24, 2.45) is 0 Å². The molecule has 0 fully saturated rings. The molecule has 2 N–H and O–H groups in total. The smallest absolute Gasteiger partial charge is 0.255 e. The van der Waals surface area contributed by atoms with Crippen LogP contribution in [0.5, 0.6) is 23.0 Å². The lowest BCUT2D eigenvalue weighted by atomic mass is 10.1. The molecule has 0 aromatic heterocycles. The summed E-state index contributed by atoms with van der Waals surface area (Å²) in [7, 11) is 7.43. The summed E-state index contributed by atoms with van der Waals surface area (Å²) in [4.78, 5) is 24.9. The van der Waals surface area contributed by atoms with Crippen LogP contribution in [0.15, 0.2) is 30.3 Å². The van der Waals surface area contributed by atoms with E-state index in [9.17, 15) is 9.59 Å². The molecule has 0 saturated heterocycles. The van der Waals surface area contributed by atoms with Gasteiger partial charge in [0, 0.05) is 18.7 Å². The number of rotatable bonds is 7. The topological polar surface area (TPSA) is 95.1 Å². The maximum absolute atomic E-state index is 12.7. The Balaban J connectivity index is 2.43. The van der Waals surface area contributed by atoms with Crippen LogP contribution < -0.4 is 29.6 Å². The lowest BCUT2D eigenvalue weighted by Crippen LogP contribution is -2.22. The third-order valence-corrected chi connectivity index (χ3v) is 3.89. The molecule has 8 heteroatoms. The highest BCUT2D eigenvalue weighted by molar-refractivity contribution is 6.09. The van der Waals surface area contributed by atoms with Crippen molar-refractivity contribution in [1.29, 1.82) is 0 Å². The summed E-state index contributed by atoms with van der Waals surface area (Å²) < 4.78 is 20.9. The van der Waals surface area contributed by atoms with Crippen molar-refractivity contribution >= 4 is 17.5 Å². The number of benzene rings is 2. The second-order valence-electron chi connectivity index (χ2n) is 5.36. The van der Waals surface area contributed by atoms with E-state index < -0.39 is 5.91 Å². The SMILES string of the molecule is CNC(=O)c1cc(OC)c(OC)cc1NC(=O)c1ccc(OC)c(OC)c1. The normalized spacial score (nSPS) is 9.96. The van der Waals surface area contributed by atoms with E-state index in [1.54, 1.807) is 18.2 Å². The molecule has 0 bridgehead atoms.